The summed E-state index contributed by atoms with van der Waals surface area (Å²) in [5.41, 5.74) is 1.89. The van der Waals surface area contributed by atoms with Gasteiger partial charge in [-0.05, 0) is 30.5 Å². The van der Waals surface area contributed by atoms with E-state index >= 15 is 0 Å². The van der Waals surface area contributed by atoms with Crippen molar-refractivity contribution >= 4 is 16.9 Å². The summed E-state index contributed by atoms with van der Waals surface area (Å²) in [5.74, 6) is 1.07. The first-order chi connectivity index (χ1) is 11.3. The van der Waals surface area contributed by atoms with Crippen molar-refractivity contribution in [3.8, 4) is 0 Å². The normalized spacial score (nSPS) is 16.0. The van der Waals surface area contributed by atoms with Crippen LogP contribution in [0.3, 0.4) is 0 Å². The maximum Gasteiger partial charge on any atom is 0.223 e. The van der Waals surface area contributed by atoms with Crippen molar-refractivity contribution in [3.63, 3.8) is 0 Å². The summed E-state index contributed by atoms with van der Waals surface area (Å²) in [4.78, 5) is 12.4. The van der Waals surface area contributed by atoms with Crippen molar-refractivity contribution in [1.29, 1.82) is 0 Å². The monoisotopic (exact) mass is 305 g/mol. The summed E-state index contributed by atoms with van der Waals surface area (Å²) in [6.45, 7) is 0. The lowest BCUT2D eigenvalue weighted by Gasteiger charge is -2.27. The summed E-state index contributed by atoms with van der Waals surface area (Å²) in [6, 6.07) is 19.7. The highest BCUT2D eigenvalue weighted by molar-refractivity contribution is 5.81. The van der Waals surface area contributed by atoms with E-state index in [-0.39, 0.29) is 17.9 Å². The molecule has 1 aliphatic carbocycles. The van der Waals surface area contributed by atoms with Crippen molar-refractivity contribution < 1.29 is 9.21 Å². The zero-order valence-corrected chi connectivity index (χ0v) is 12.9. The summed E-state index contributed by atoms with van der Waals surface area (Å²) >= 11 is 0. The first kappa shape index (κ1) is 14.1. The van der Waals surface area contributed by atoms with Crippen molar-refractivity contribution in [1.82, 2.24) is 5.32 Å². The molecule has 0 radical (unpaired) electrons. The molecule has 0 aliphatic heterocycles. The SMILES string of the molecule is O=C(NC(c1ccccc1)c1cc2ccccc2o1)C1CCC1. The molecule has 23 heavy (non-hydrogen) atoms. The number of carbonyl (C=O) groups is 1. The third-order valence-electron chi connectivity index (χ3n) is 4.62. The molecule has 3 heteroatoms. The van der Waals surface area contributed by atoms with E-state index in [9.17, 15) is 4.79 Å². The second-order valence-corrected chi connectivity index (χ2v) is 6.17. The van der Waals surface area contributed by atoms with Crippen molar-refractivity contribution in [2.24, 2.45) is 5.92 Å². The fourth-order valence-electron chi connectivity index (χ4n) is 3.04. The zero-order valence-electron chi connectivity index (χ0n) is 12.9. The molecule has 1 atom stereocenters. The van der Waals surface area contributed by atoms with Gasteiger partial charge in [-0.2, -0.15) is 0 Å². The number of nitrogens with one attached hydrogen (secondary N) is 1. The number of rotatable bonds is 4. The van der Waals surface area contributed by atoms with E-state index in [0.29, 0.717) is 0 Å². The highest BCUT2D eigenvalue weighted by Gasteiger charge is 2.29. The molecule has 1 amide bonds. The smallest absolute Gasteiger partial charge is 0.223 e. The van der Waals surface area contributed by atoms with Gasteiger partial charge in [0.2, 0.25) is 5.91 Å². The van der Waals surface area contributed by atoms with Crippen LogP contribution in [0.1, 0.15) is 36.6 Å². The van der Waals surface area contributed by atoms with Crippen LogP contribution in [-0.2, 0) is 4.79 Å². The maximum absolute atomic E-state index is 12.4. The van der Waals surface area contributed by atoms with E-state index in [2.05, 4.69) is 5.32 Å². The zero-order chi connectivity index (χ0) is 15.6. The summed E-state index contributed by atoms with van der Waals surface area (Å²) in [6.07, 6.45) is 3.14. The van der Waals surface area contributed by atoms with Gasteiger partial charge >= 0.3 is 0 Å². The molecular formula is C20H19NO2. The van der Waals surface area contributed by atoms with Gasteiger partial charge in [0.05, 0.1) is 0 Å². The molecule has 3 nitrogen and oxygen atoms in total. The Labute approximate surface area is 135 Å². The van der Waals surface area contributed by atoms with Gasteiger partial charge in [0, 0.05) is 11.3 Å². The molecule has 0 spiro atoms. The van der Waals surface area contributed by atoms with E-state index in [0.717, 1.165) is 41.6 Å². The number of benzene rings is 2. The van der Waals surface area contributed by atoms with Crippen molar-refractivity contribution in [3.05, 3.63) is 72.0 Å². The summed E-state index contributed by atoms with van der Waals surface area (Å²) in [7, 11) is 0. The molecule has 1 aliphatic rings. The lowest BCUT2D eigenvalue weighted by molar-refractivity contribution is -0.128. The third-order valence-corrected chi connectivity index (χ3v) is 4.62. The molecule has 1 unspecified atom stereocenters. The van der Waals surface area contributed by atoms with E-state index < -0.39 is 0 Å². The average molecular weight is 305 g/mol. The third kappa shape index (κ3) is 2.74. The molecule has 4 rings (SSSR count). The fraction of sp³-hybridized carbons (Fsp3) is 0.250. The Kier molecular flexibility index (Phi) is 3.62. The number of furan rings is 1. The van der Waals surface area contributed by atoms with Gasteiger partial charge in [0.1, 0.15) is 17.4 Å². The van der Waals surface area contributed by atoms with Gasteiger partial charge in [0.15, 0.2) is 0 Å². The first-order valence-corrected chi connectivity index (χ1v) is 8.15. The molecule has 1 saturated carbocycles. The van der Waals surface area contributed by atoms with E-state index in [1.54, 1.807) is 0 Å². The van der Waals surface area contributed by atoms with Gasteiger partial charge in [-0.3, -0.25) is 4.79 Å². The lowest BCUT2D eigenvalue weighted by Crippen LogP contribution is -2.37. The molecule has 1 heterocycles. The van der Waals surface area contributed by atoms with Crippen LogP contribution >= 0.6 is 0 Å². The Hall–Kier alpha value is -2.55. The molecule has 3 aromatic rings. The number of para-hydroxylation sites is 1. The standard InChI is InChI=1S/C20H19NO2/c22-20(15-10-6-11-15)21-19(14-7-2-1-3-8-14)18-13-16-9-4-5-12-17(16)23-18/h1-5,7-9,12-13,15,19H,6,10-11H2,(H,21,22). The summed E-state index contributed by atoms with van der Waals surface area (Å²) in [5, 5.41) is 4.24. The second kappa shape index (κ2) is 5.92. The van der Waals surface area contributed by atoms with Gasteiger partial charge in [0.25, 0.3) is 0 Å². The van der Waals surface area contributed by atoms with Crippen LogP contribution in [0.2, 0.25) is 0 Å². The molecular weight excluding hydrogens is 286 g/mol. The maximum atomic E-state index is 12.4. The molecule has 0 saturated heterocycles. The van der Waals surface area contributed by atoms with Crippen molar-refractivity contribution in [2.45, 2.75) is 25.3 Å². The summed E-state index contributed by atoms with van der Waals surface area (Å²) < 4.78 is 6.00. The lowest BCUT2D eigenvalue weighted by atomic mass is 9.84. The number of hydrogen-bond donors (Lipinski definition) is 1. The molecule has 1 N–H and O–H groups in total. The van der Waals surface area contributed by atoms with Crippen LogP contribution in [0.5, 0.6) is 0 Å². The van der Waals surface area contributed by atoms with Crippen molar-refractivity contribution in [2.75, 3.05) is 0 Å². The molecule has 1 aromatic heterocycles. The van der Waals surface area contributed by atoms with Gasteiger partial charge in [-0.1, -0.05) is 55.0 Å². The Balaban J connectivity index is 1.70. The molecule has 1 fully saturated rings. The minimum atomic E-state index is -0.239. The highest BCUT2D eigenvalue weighted by atomic mass is 16.3. The first-order valence-electron chi connectivity index (χ1n) is 8.15. The van der Waals surface area contributed by atoms with Crippen LogP contribution in [-0.4, -0.2) is 5.91 Å². The van der Waals surface area contributed by atoms with Crippen LogP contribution in [0, 0.1) is 5.92 Å². The Morgan fingerprint density at radius 3 is 2.48 bits per heavy atom. The van der Waals surface area contributed by atoms with E-state index in [1.807, 2.05) is 60.7 Å². The van der Waals surface area contributed by atoms with Gasteiger partial charge in [-0.15, -0.1) is 0 Å². The number of amides is 1. The van der Waals surface area contributed by atoms with Gasteiger partial charge < -0.3 is 9.73 Å². The topological polar surface area (TPSA) is 42.2 Å². The van der Waals surface area contributed by atoms with Gasteiger partial charge in [-0.25, -0.2) is 0 Å². The van der Waals surface area contributed by atoms with Crippen LogP contribution < -0.4 is 5.32 Å². The van der Waals surface area contributed by atoms with E-state index in [4.69, 9.17) is 4.42 Å². The molecule has 116 valence electrons. The Morgan fingerprint density at radius 2 is 1.78 bits per heavy atom. The quantitative estimate of drug-likeness (QED) is 0.774. The van der Waals surface area contributed by atoms with Crippen LogP contribution in [0.25, 0.3) is 11.0 Å². The molecule has 2 aromatic carbocycles. The Bertz CT molecular complexity index is 785. The molecule has 0 bridgehead atoms. The highest BCUT2D eigenvalue weighted by Crippen LogP contribution is 2.31. The minimum absolute atomic E-state index is 0.130. The fourth-order valence-corrected chi connectivity index (χ4v) is 3.04. The number of carbonyl (C=O) groups excluding carboxylic acids is 1. The van der Waals surface area contributed by atoms with E-state index in [1.165, 1.54) is 0 Å². The minimum Gasteiger partial charge on any atom is -0.459 e. The van der Waals surface area contributed by atoms with Crippen LogP contribution in [0.15, 0.2) is 65.1 Å². The average Bonchev–Trinajstić information content (AvgIpc) is 2.95. The predicted molar refractivity (Wildman–Crippen MR) is 90.0 cm³/mol. The largest absolute Gasteiger partial charge is 0.459 e. The second-order valence-electron chi connectivity index (χ2n) is 6.17. The Morgan fingerprint density at radius 1 is 1.04 bits per heavy atom. The number of fused-ring (bicyclic) bond motifs is 1. The van der Waals surface area contributed by atoms with Crippen LogP contribution in [0.4, 0.5) is 0 Å². The number of hydrogen-bond acceptors (Lipinski definition) is 2. The predicted octanol–water partition coefficient (Wildman–Crippen LogP) is 4.44.